The summed E-state index contributed by atoms with van der Waals surface area (Å²) in [6.07, 6.45) is 0. The number of hydrogen-bond donors (Lipinski definition) is 3. The van der Waals surface area contributed by atoms with Crippen LogP contribution in [0.1, 0.15) is 39.2 Å². The van der Waals surface area contributed by atoms with Gasteiger partial charge < -0.3 is 16.0 Å². The van der Waals surface area contributed by atoms with Crippen LogP contribution in [0.4, 0.5) is 17.1 Å². The van der Waals surface area contributed by atoms with Gasteiger partial charge in [0.2, 0.25) is 11.8 Å². The Morgan fingerprint density at radius 3 is 2.04 bits per heavy atom. The first-order chi connectivity index (χ1) is 11.9. The Bertz CT molecular complexity index is 739. The molecular weight excluding hydrogens is 314 g/mol. The minimum Gasteiger partial charge on any atom is -0.374 e. The van der Waals surface area contributed by atoms with Gasteiger partial charge in [0.15, 0.2) is 0 Å². The molecule has 0 heterocycles. The van der Waals surface area contributed by atoms with Crippen LogP contribution >= 0.6 is 0 Å². The normalized spacial score (nSPS) is 11.7. The van der Waals surface area contributed by atoms with Crippen LogP contribution < -0.4 is 16.0 Å². The summed E-state index contributed by atoms with van der Waals surface area (Å²) in [6.45, 7) is 7.48. The SMILES string of the molecule is CC(=O)Nc1ccc(NC(C)C(=O)Nc2ccccc2C(C)C)cc1. The number of carbonyl (C=O) groups is 2. The van der Waals surface area contributed by atoms with Gasteiger partial charge in [-0.15, -0.1) is 0 Å². The van der Waals surface area contributed by atoms with Crippen LogP contribution in [0.3, 0.4) is 0 Å². The van der Waals surface area contributed by atoms with E-state index in [1.807, 2.05) is 43.3 Å². The number of anilines is 3. The van der Waals surface area contributed by atoms with Gasteiger partial charge in [0.25, 0.3) is 0 Å². The van der Waals surface area contributed by atoms with Crippen molar-refractivity contribution >= 4 is 28.9 Å². The van der Waals surface area contributed by atoms with Crippen molar-refractivity contribution in [3.8, 4) is 0 Å². The van der Waals surface area contributed by atoms with Gasteiger partial charge >= 0.3 is 0 Å². The van der Waals surface area contributed by atoms with Crippen molar-refractivity contribution in [3.05, 3.63) is 54.1 Å². The summed E-state index contributed by atoms with van der Waals surface area (Å²) in [7, 11) is 0. The maximum atomic E-state index is 12.5. The number of carbonyl (C=O) groups excluding carboxylic acids is 2. The zero-order chi connectivity index (χ0) is 18.4. The monoisotopic (exact) mass is 339 g/mol. The van der Waals surface area contributed by atoms with Crippen molar-refractivity contribution in [1.82, 2.24) is 0 Å². The molecule has 2 aromatic rings. The quantitative estimate of drug-likeness (QED) is 0.738. The molecule has 3 N–H and O–H groups in total. The fourth-order valence-corrected chi connectivity index (χ4v) is 2.52. The third kappa shape index (κ3) is 5.35. The number of benzene rings is 2. The Morgan fingerprint density at radius 2 is 1.44 bits per heavy atom. The average molecular weight is 339 g/mol. The molecule has 132 valence electrons. The minimum absolute atomic E-state index is 0.0981. The lowest BCUT2D eigenvalue weighted by Gasteiger charge is -2.18. The molecule has 0 radical (unpaired) electrons. The first-order valence-corrected chi connectivity index (χ1v) is 8.41. The van der Waals surface area contributed by atoms with E-state index in [4.69, 9.17) is 0 Å². The first kappa shape index (κ1) is 18.5. The highest BCUT2D eigenvalue weighted by Crippen LogP contribution is 2.24. The summed E-state index contributed by atoms with van der Waals surface area (Å²) in [4.78, 5) is 23.5. The molecule has 0 aliphatic carbocycles. The van der Waals surface area contributed by atoms with Crippen molar-refractivity contribution in [2.45, 2.75) is 39.7 Å². The molecule has 0 bridgehead atoms. The number of para-hydroxylation sites is 1. The summed E-state index contributed by atoms with van der Waals surface area (Å²) in [6, 6.07) is 14.7. The third-order valence-electron chi connectivity index (χ3n) is 3.82. The molecule has 5 heteroatoms. The van der Waals surface area contributed by atoms with E-state index in [2.05, 4.69) is 29.8 Å². The van der Waals surface area contributed by atoms with Gasteiger partial charge in [-0.05, 0) is 48.7 Å². The van der Waals surface area contributed by atoms with E-state index in [-0.39, 0.29) is 11.8 Å². The van der Waals surface area contributed by atoms with Gasteiger partial charge in [-0.3, -0.25) is 9.59 Å². The van der Waals surface area contributed by atoms with E-state index in [1.54, 1.807) is 12.1 Å². The number of hydrogen-bond acceptors (Lipinski definition) is 3. The fourth-order valence-electron chi connectivity index (χ4n) is 2.52. The van der Waals surface area contributed by atoms with Gasteiger partial charge in [0, 0.05) is 24.0 Å². The van der Waals surface area contributed by atoms with E-state index in [0.717, 1.165) is 22.6 Å². The van der Waals surface area contributed by atoms with Crippen LogP contribution in [0.15, 0.2) is 48.5 Å². The maximum Gasteiger partial charge on any atom is 0.246 e. The lowest BCUT2D eigenvalue weighted by molar-refractivity contribution is -0.116. The van der Waals surface area contributed by atoms with E-state index >= 15 is 0 Å². The van der Waals surface area contributed by atoms with Crippen LogP contribution in [-0.4, -0.2) is 17.9 Å². The van der Waals surface area contributed by atoms with Crippen LogP contribution in [-0.2, 0) is 9.59 Å². The molecule has 2 rings (SSSR count). The predicted octanol–water partition coefficient (Wildman–Crippen LogP) is 4.21. The van der Waals surface area contributed by atoms with Gasteiger partial charge in [0.05, 0.1) is 0 Å². The molecule has 0 aliphatic heterocycles. The van der Waals surface area contributed by atoms with Gasteiger partial charge in [0.1, 0.15) is 6.04 Å². The van der Waals surface area contributed by atoms with E-state index in [1.165, 1.54) is 6.92 Å². The highest BCUT2D eigenvalue weighted by atomic mass is 16.2. The minimum atomic E-state index is -0.396. The Labute approximate surface area is 148 Å². The predicted molar refractivity (Wildman–Crippen MR) is 103 cm³/mol. The van der Waals surface area contributed by atoms with Crippen LogP contribution in [0.25, 0.3) is 0 Å². The largest absolute Gasteiger partial charge is 0.374 e. The molecule has 2 amide bonds. The van der Waals surface area contributed by atoms with Crippen LogP contribution in [0.5, 0.6) is 0 Å². The molecule has 0 saturated carbocycles. The molecule has 25 heavy (non-hydrogen) atoms. The second-order valence-corrected chi connectivity index (χ2v) is 6.36. The third-order valence-corrected chi connectivity index (χ3v) is 3.82. The Kier molecular flexibility index (Phi) is 6.17. The van der Waals surface area contributed by atoms with Crippen LogP contribution in [0, 0.1) is 0 Å². The fraction of sp³-hybridized carbons (Fsp3) is 0.300. The summed E-state index contributed by atoms with van der Waals surface area (Å²) >= 11 is 0. The van der Waals surface area contributed by atoms with Crippen LogP contribution in [0.2, 0.25) is 0 Å². The second kappa shape index (κ2) is 8.33. The zero-order valence-corrected chi connectivity index (χ0v) is 15.1. The molecule has 1 unspecified atom stereocenters. The Balaban J connectivity index is 2.00. The van der Waals surface area contributed by atoms with Crippen molar-refractivity contribution in [2.24, 2.45) is 0 Å². The molecular formula is C20H25N3O2. The van der Waals surface area contributed by atoms with Gasteiger partial charge in [-0.25, -0.2) is 0 Å². The zero-order valence-electron chi connectivity index (χ0n) is 15.1. The molecule has 0 spiro atoms. The van der Waals surface area contributed by atoms with Crippen molar-refractivity contribution in [3.63, 3.8) is 0 Å². The number of amides is 2. The summed E-state index contributed by atoms with van der Waals surface area (Å²) in [5, 5.41) is 8.87. The smallest absolute Gasteiger partial charge is 0.246 e. The summed E-state index contributed by atoms with van der Waals surface area (Å²) in [5.74, 6) is 0.123. The first-order valence-electron chi connectivity index (χ1n) is 8.41. The molecule has 5 nitrogen and oxygen atoms in total. The highest BCUT2D eigenvalue weighted by molar-refractivity contribution is 5.97. The molecule has 0 saturated heterocycles. The second-order valence-electron chi connectivity index (χ2n) is 6.36. The standard InChI is InChI=1S/C20H25N3O2/c1-13(2)18-7-5-6-8-19(18)23-20(25)14(3)21-16-9-11-17(12-10-16)22-15(4)24/h5-14,21H,1-4H3,(H,22,24)(H,23,25). The van der Waals surface area contributed by atoms with E-state index < -0.39 is 6.04 Å². The van der Waals surface area contributed by atoms with E-state index in [0.29, 0.717) is 5.92 Å². The number of rotatable bonds is 6. The number of nitrogens with one attached hydrogen (secondary N) is 3. The lowest BCUT2D eigenvalue weighted by Crippen LogP contribution is -2.32. The van der Waals surface area contributed by atoms with Crippen molar-refractivity contribution < 1.29 is 9.59 Å². The van der Waals surface area contributed by atoms with E-state index in [9.17, 15) is 9.59 Å². The summed E-state index contributed by atoms with van der Waals surface area (Å²) in [5.41, 5.74) is 3.50. The summed E-state index contributed by atoms with van der Waals surface area (Å²) < 4.78 is 0. The highest BCUT2D eigenvalue weighted by Gasteiger charge is 2.15. The van der Waals surface area contributed by atoms with Gasteiger partial charge in [-0.2, -0.15) is 0 Å². The maximum absolute atomic E-state index is 12.5. The van der Waals surface area contributed by atoms with Crippen molar-refractivity contribution in [1.29, 1.82) is 0 Å². The van der Waals surface area contributed by atoms with Crippen molar-refractivity contribution in [2.75, 3.05) is 16.0 Å². The molecule has 2 aromatic carbocycles. The Morgan fingerprint density at radius 1 is 0.840 bits per heavy atom. The molecule has 0 aromatic heterocycles. The van der Waals surface area contributed by atoms with Gasteiger partial charge in [-0.1, -0.05) is 32.0 Å². The average Bonchev–Trinajstić information content (AvgIpc) is 2.56. The molecule has 1 atom stereocenters. The molecule has 0 aliphatic rings. The Hall–Kier alpha value is -2.82. The topological polar surface area (TPSA) is 70.2 Å². The lowest BCUT2D eigenvalue weighted by atomic mass is 10.0. The molecule has 0 fully saturated rings.